The van der Waals surface area contributed by atoms with E-state index in [0.717, 1.165) is 0 Å². The van der Waals surface area contributed by atoms with Gasteiger partial charge < -0.3 is 21.1 Å². The summed E-state index contributed by atoms with van der Waals surface area (Å²) in [5.74, 6) is -2.51. The van der Waals surface area contributed by atoms with Crippen LogP contribution < -0.4 is 22.1 Å². The zero-order chi connectivity index (χ0) is 13.3. The molecule has 0 unspecified atom stereocenters. The molecule has 82 valence electrons. The van der Waals surface area contributed by atoms with Gasteiger partial charge in [-0.1, -0.05) is 16.5 Å². The third kappa shape index (κ3) is 2.41. The van der Waals surface area contributed by atoms with Crippen LogP contribution in [-0.4, -0.2) is 50.9 Å². The number of phenolic OH excluding ortho intramolecular Hbond substituents is 2. The molecule has 0 fully saturated rings. The van der Waals surface area contributed by atoms with Crippen molar-refractivity contribution in [2.45, 2.75) is 12.5 Å². The second-order valence-electron chi connectivity index (χ2n) is 3.57. The number of benzene rings is 1. The highest BCUT2D eigenvalue weighted by molar-refractivity contribution is 6.53. The third-order valence-corrected chi connectivity index (χ3v) is 2.42. The molecule has 6 radical (unpaired) electrons. The van der Waals surface area contributed by atoms with Crippen LogP contribution in [0.25, 0.3) is 0 Å². The van der Waals surface area contributed by atoms with Crippen LogP contribution in [0.3, 0.4) is 0 Å². The van der Waals surface area contributed by atoms with Gasteiger partial charge in [0.1, 0.15) is 41.1 Å². The van der Waals surface area contributed by atoms with Crippen molar-refractivity contribution in [3.05, 3.63) is 5.56 Å². The van der Waals surface area contributed by atoms with E-state index >= 15 is 0 Å². The normalized spacial score (nSPS) is 12.3. The summed E-state index contributed by atoms with van der Waals surface area (Å²) in [5, 5.41) is 27.5. The van der Waals surface area contributed by atoms with Gasteiger partial charge in [0.25, 0.3) is 0 Å². The van der Waals surface area contributed by atoms with Crippen LogP contribution in [0.4, 0.5) is 0 Å². The van der Waals surface area contributed by atoms with E-state index in [1.807, 2.05) is 0 Å². The van der Waals surface area contributed by atoms with E-state index < -0.39 is 23.5 Å². The Balaban J connectivity index is 3.30. The van der Waals surface area contributed by atoms with Crippen LogP contribution in [0.2, 0.25) is 0 Å². The molecular formula is C9H8B3NO4. The van der Waals surface area contributed by atoms with Crippen molar-refractivity contribution in [2.24, 2.45) is 5.73 Å². The minimum atomic E-state index is -1.24. The van der Waals surface area contributed by atoms with Crippen LogP contribution in [0.5, 0.6) is 11.5 Å². The Bertz CT molecular complexity index is 449. The fraction of sp³-hybridized carbons (Fsp3) is 0.222. The molecule has 0 aliphatic heterocycles. The Kier molecular flexibility index (Phi) is 3.78. The summed E-state index contributed by atoms with van der Waals surface area (Å²) in [4.78, 5) is 10.6. The summed E-state index contributed by atoms with van der Waals surface area (Å²) in [7, 11) is 16.5. The summed E-state index contributed by atoms with van der Waals surface area (Å²) in [6.07, 6.45) is -0.203. The summed E-state index contributed by atoms with van der Waals surface area (Å²) < 4.78 is 0. The quantitative estimate of drug-likeness (QED) is 0.315. The largest absolute Gasteiger partial charge is 0.505 e. The first-order chi connectivity index (χ1) is 7.77. The van der Waals surface area contributed by atoms with E-state index in [0.29, 0.717) is 0 Å². The molecule has 1 rings (SSSR count). The van der Waals surface area contributed by atoms with E-state index in [-0.39, 0.29) is 28.4 Å². The predicted molar refractivity (Wildman–Crippen MR) is 65.3 cm³/mol. The van der Waals surface area contributed by atoms with Gasteiger partial charge in [-0.3, -0.25) is 4.79 Å². The maximum Gasteiger partial charge on any atom is 0.320 e. The average molecular weight is 227 g/mol. The van der Waals surface area contributed by atoms with Crippen LogP contribution in [0.15, 0.2) is 0 Å². The molecule has 0 aliphatic carbocycles. The van der Waals surface area contributed by atoms with Crippen molar-refractivity contribution in [2.75, 3.05) is 0 Å². The second kappa shape index (κ2) is 4.75. The van der Waals surface area contributed by atoms with Gasteiger partial charge >= 0.3 is 5.97 Å². The summed E-state index contributed by atoms with van der Waals surface area (Å²) >= 11 is 0. The van der Waals surface area contributed by atoms with Crippen molar-refractivity contribution >= 4 is 45.9 Å². The van der Waals surface area contributed by atoms with Crippen LogP contribution in [0, 0.1) is 0 Å². The highest BCUT2D eigenvalue weighted by Crippen LogP contribution is 2.18. The van der Waals surface area contributed by atoms with Gasteiger partial charge in [-0.05, 0) is 11.9 Å². The first kappa shape index (κ1) is 13.5. The first-order valence-corrected chi connectivity index (χ1v) is 4.62. The van der Waals surface area contributed by atoms with Crippen LogP contribution >= 0.6 is 0 Å². The highest BCUT2D eigenvalue weighted by Gasteiger charge is 2.19. The lowest BCUT2D eigenvalue weighted by Crippen LogP contribution is -2.41. The molecule has 17 heavy (non-hydrogen) atoms. The Morgan fingerprint density at radius 2 is 1.59 bits per heavy atom. The van der Waals surface area contributed by atoms with Crippen molar-refractivity contribution in [3.63, 3.8) is 0 Å². The summed E-state index contributed by atoms with van der Waals surface area (Å²) in [6.45, 7) is 0. The maximum absolute atomic E-state index is 10.6. The molecule has 0 aromatic heterocycles. The lowest BCUT2D eigenvalue weighted by Gasteiger charge is -2.18. The van der Waals surface area contributed by atoms with Gasteiger partial charge in [0.15, 0.2) is 0 Å². The molecule has 1 atom stereocenters. The summed E-state index contributed by atoms with van der Waals surface area (Å²) in [6, 6.07) is -1.23. The lowest BCUT2D eigenvalue weighted by atomic mass is 9.70. The lowest BCUT2D eigenvalue weighted by molar-refractivity contribution is -0.138. The fourth-order valence-corrected chi connectivity index (χ4v) is 1.36. The highest BCUT2D eigenvalue weighted by atomic mass is 16.4. The number of nitrogens with two attached hydrogens (primary N) is 1. The molecule has 0 saturated heterocycles. The van der Waals surface area contributed by atoms with Crippen LogP contribution in [-0.2, 0) is 11.2 Å². The van der Waals surface area contributed by atoms with Crippen molar-refractivity contribution in [3.8, 4) is 11.5 Å². The molecule has 0 amide bonds. The predicted octanol–water partition coefficient (Wildman–Crippen LogP) is -3.57. The van der Waals surface area contributed by atoms with Crippen molar-refractivity contribution < 1.29 is 20.1 Å². The first-order valence-electron chi connectivity index (χ1n) is 4.62. The topological polar surface area (TPSA) is 104 Å². The number of aromatic hydroxyl groups is 2. The number of hydrogen-bond donors (Lipinski definition) is 4. The van der Waals surface area contributed by atoms with E-state index in [1.54, 1.807) is 0 Å². The van der Waals surface area contributed by atoms with Gasteiger partial charge in [0, 0.05) is 0 Å². The second-order valence-corrected chi connectivity index (χ2v) is 3.57. The van der Waals surface area contributed by atoms with Crippen LogP contribution in [0.1, 0.15) is 5.56 Å². The SMILES string of the molecule is [B]c1c([B])c(C[C@H](N)C(=O)O)c([B])c(O)c1O. The molecular weight excluding hydrogens is 219 g/mol. The third-order valence-electron chi connectivity index (χ3n) is 2.42. The number of aliphatic carboxylic acids is 1. The molecule has 0 bridgehead atoms. The van der Waals surface area contributed by atoms with Gasteiger partial charge in [0.05, 0.1) is 0 Å². The number of carbonyl (C=O) groups is 1. The standard InChI is InChI=1S/C9H8B3NO4/c10-4-2(1-3(13)9(16)17)5(11)7(14)8(15)6(4)12/h3,14-15H,1,13H2,(H,16,17)/t3-/m0/s1. The summed E-state index contributed by atoms with van der Waals surface area (Å²) in [5.41, 5.74) is 4.85. The Hall–Kier alpha value is -1.56. The monoisotopic (exact) mass is 227 g/mol. The molecule has 8 heteroatoms. The zero-order valence-corrected chi connectivity index (χ0v) is 8.84. The van der Waals surface area contributed by atoms with Crippen molar-refractivity contribution in [1.29, 1.82) is 0 Å². The maximum atomic E-state index is 10.6. The molecule has 0 spiro atoms. The minimum absolute atomic E-state index is 0.0884. The smallest absolute Gasteiger partial charge is 0.320 e. The molecule has 1 aromatic carbocycles. The van der Waals surface area contributed by atoms with E-state index in [4.69, 9.17) is 34.4 Å². The number of rotatable bonds is 3. The average Bonchev–Trinajstić information content (AvgIpc) is 2.29. The Labute approximate surface area is 102 Å². The zero-order valence-electron chi connectivity index (χ0n) is 8.84. The van der Waals surface area contributed by atoms with E-state index in [1.165, 1.54) is 0 Å². The van der Waals surface area contributed by atoms with Gasteiger partial charge in [-0.2, -0.15) is 0 Å². The number of carboxylic acids is 1. The van der Waals surface area contributed by atoms with E-state index in [9.17, 15) is 15.0 Å². The number of phenols is 2. The van der Waals surface area contributed by atoms with E-state index in [2.05, 4.69) is 0 Å². The number of carboxylic acid groups (broad SMARTS) is 1. The fourth-order valence-electron chi connectivity index (χ4n) is 1.36. The van der Waals surface area contributed by atoms with Gasteiger partial charge in [0.2, 0.25) is 0 Å². The van der Waals surface area contributed by atoms with Crippen molar-refractivity contribution in [1.82, 2.24) is 0 Å². The van der Waals surface area contributed by atoms with Gasteiger partial charge in [-0.25, -0.2) is 0 Å². The molecule has 5 N–H and O–H groups in total. The molecule has 5 nitrogen and oxygen atoms in total. The Morgan fingerprint density at radius 3 is 2.06 bits per heavy atom. The molecule has 0 saturated carbocycles. The Morgan fingerprint density at radius 1 is 1.12 bits per heavy atom. The molecule has 0 heterocycles. The van der Waals surface area contributed by atoms with Gasteiger partial charge in [-0.15, -0.1) is 0 Å². The number of hydrogen-bond acceptors (Lipinski definition) is 4. The molecule has 1 aromatic rings. The minimum Gasteiger partial charge on any atom is -0.505 e. The molecule has 0 aliphatic rings.